The smallest absolute Gasteiger partial charge is 0.307 e. The third-order valence-electron chi connectivity index (χ3n) is 3.96. The number of carboxylic acid groups (broad SMARTS) is 1. The van der Waals surface area contributed by atoms with E-state index in [1.165, 1.54) is 11.3 Å². The predicted molar refractivity (Wildman–Crippen MR) is 94.2 cm³/mol. The third-order valence-corrected chi connectivity index (χ3v) is 4.97. The van der Waals surface area contributed by atoms with Gasteiger partial charge in [-0.1, -0.05) is 35.9 Å². The van der Waals surface area contributed by atoms with Gasteiger partial charge in [0.15, 0.2) is 5.13 Å². The molecule has 0 fully saturated rings. The predicted octanol–water partition coefficient (Wildman–Crippen LogP) is 4.07. The van der Waals surface area contributed by atoms with E-state index in [0.717, 1.165) is 11.3 Å². The lowest BCUT2D eigenvalue weighted by molar-refractivity contribution is -0.146. The van der Waals surface area contributed by atoms with Crippen LogP contribution in [0.4, 0.5) is 5.13 Å². The summed E-state index contributed by atoms with van der Waals surface area (Å²) in [5.41, 5.74) is 1.64. The summed E-state index contributed by atoms with van der Waals surface area (Å²) in [5.74, 6) is -2.51. The second-order valence-electron chi connectivity index (χ2n) is 5.53. The number of aromatic nitrogens is 1. The van der Waals surface area contributed by atoms with Crippen molar-refractivity contribution in [3.8, 4) is 11.3 Å². The van der Waals surface area contributed by atoms with Crippen LogP contribution in [0, 0.1) is 11.8 Å². The van der Waals surface area contributed by atoms with E-state index in [0.29, 0.717) is 23.0 Å². The van der Waals surface area contributed by atoms with Gasteiger partial charge < -0.3 is 10.4 Å². The van der Waals surface area contributed by atoms with Crippen molar-refractivity contribution in [1.29, 1.82) is 0 Å². The molecule has 1 heterocycles. The Morgan fingerprint density at radius 3 is 2.50 bits per heavy atom. The summed E-state index contributed by atoms with van der Waals surface area (Å²) < 4.78 is 0. The summed E-state index contributed by atoms with van der Waals surface area (Å²) in [5, 5.41) is 15.0. The van der Waals surface area contributed by atoms with Gasteiger partial charge in [0.1, 0.15) is 0 Å². The van der Waals surface area contributed by atoms with Gasteiger partial charge in [-0.25, -0.2) is 4.98 Å². The van der Waals surface area contributed by atoms with Gasteiger partial charge in [0, 0.05) is 16.0 Å². The number of nitrogens with zero attached hydrogens (tertiary/aromatic N) is 1. The summed E-state index contributed by atoms with van der Waals surface area (Å²) in [6.07, 6.45) is 4.47. The maximum Gasteiger partial charge on any atom is 0.307 e. The van der Waals surface area contributed by atoms with Gasteiger partial charge in [0.05, 0.1) is 17.5 Å². The lowest BCUT2D eigenvalue weighted by Crippen LogP contribution is -2.34. The highest BCUT2D eigenvalue weighted by Gasteiger charge is 2.34. The van der Waals surface area contributed by atoms with Crippen molar-refractivity contribution in [2.75, 3.05) is 5.32 Å². The van der Waals surface area contributed by atoms with E-state index in [-0.39, 0.29) is 5.91 Å². The second kappa shape index (κ2) is 7.15. The van der Waals surface area contributed by atoms with Crippen LogP contribution in [-0.4, -0.2) is 22.0 Å². The molecular formula is C17H15ClN2O3S. The fourth-order valence-corrected chi connectivity index (χ4v) is 3.51. The summed E-state index contributed by atoms with van der Waals surface area (Å²) in [7, 11) is 0. The third kappa shape index (κ3) is 3.66. The molecule has 1 aromatic heterocycles. The minimum absolute atomic E-state index is 0.302. The number of carbonyl (C=O) groups is 2. The van der Waals surface area contributed by atoms with Crippen molar-refractivity contribution in [1.82, 2.24) is 4.98 Å². The Bertz CT molecular complexity index is 785. The number of carboxylic acids is 1. The lowest BCUT2D eigenvalue weighted by Gasteiger charge is -2.23. The SMILES string of the molecule is O=C(Nc1nc(-c2ccc(Cl)cc2)cs1)[C@H]1CC=CC[C@H]1C(=O)O. The van der Waals surface area contributed by atoms with Crippen LogP contribution in [0.1, 0.15) is 12.8 Å². The Labute approximate surface area is 148 Å². The molecule has 1 aromatic carbocycles. The zero-order chi connectivity index (χ0) is 17.1. The maximum atomic E-state index is 12.4. The number of hydrogen-bond acceptors (Lipinski definition) is 4. The number of amides is 1. The molecule has 0 saturated carbocycles. The number of allylic oxidation sites excluding steroid dienone is 2. The fourth-order valence-electron chi connectivity index (χ4n) is 2.66. The molecule has 24 heavy (non-hydrogen) atoms. The fraction of sp³-hybridized carbons (Fsp3) is 0.235. The van der Waals surface area contributed by atoms with Crippen molar-refractivity contribution in [2.45, 2.75) is 12.8 Å². The summed E-state index contributed by atoms with van der Waals surface area (Å²) in [6, 6.07) is 7.27. The number of nitrogens with one attached hydrogen (secondary N) is 1. The molecule has 0 spiro atoms. The topological polar surface area (TPSA) is 79.3 Å². The number of aliphatic carboxylic acids is 1. The number of carbonyl (C=O) groups excluding carboxylic acids is 1. The largest absolute Gasteiger partial charge is 0.481 e. The van der Waals surface area contributed by atoms with E-state index < -0.39 is 17.8 Å². The van der Waals surface area contributed by atoms with Crippen molar-refractivity contribution in [2.24, 2.45) is 11.8 Å². The highest BCUT2D eigenvalue weighted by molar-refractivity contribution is 7.14. The normalized spacial score (nSPS) is 19.9. The minimum atomic E-state index is -0.944. The Kier molecular flexibility index (Phi) is 4.97. The maximum absolute atomic E-state index is 12.4. The van der Waals surface area contributed by atoms with E-state index in [1.54, 1.807) is 12.1 Å². The first-order chi connectivity index (χ1) is 11.5. The van der Waals surface area contributed by atoms with E-state index in [2.05, 4.69) is 10.3 Å². The monoisotopic (exact) mass is 362 g/mol. The molecule has 0 bridgehead atoms. The first kappa shape index (κ1) is 16.7. The van der Waals surface area contributed by atoms with Crippen molar-refractivity contribution in [3.63, 3.8) is 0 Å². The van der Waals surface area contributed by atoms with Crippen LogP contribution < -0.4 is 5.32 Å². The first-order valence-corrected chi connectivity index (χ1v) is 8.70. The molecular weight excluding hydrogens is 348 g/mol. The van der Waals surface area contributed by atoms with Gasteiger partial charge in [0.25, 0.3) is 0 Å². The Hall–Kier alpha value is -2.18. The standard InChI is InChI=1S/C17H15ClN2O3S/c18-11-7-5-10(6-8-11)14-9-24-17(19-14)20-15(21)12-3-1-2-4-13(12)16(22)23/h1-2,5-9,12-13H,3-4H2,(H,22,23)(H,19,20,21)/t12-,13+/m0/s1. The van der Waals surface area contributed by atoms with Crippen LogP contribution >= 0.6 is 22.9 Å². The Morgan fingerprint density at radius 2 is 1.83 bits per heavy atom. The Morgan fingerprint density at radius 1 is 1.17 bits per heavy atom. The van der Waals surface area contributed by atoms with Gasteiger partial charge >= 0.3 is 5.97 Å². The molecule has 0 aliphatic heterocycles. The van der Waals surface area contributed by atoms with Gasteiger partial charge in [-0.3, -0.25) is 9.59 Å². The molecule has 2 atom stereocenters. The summed E-state index contributed by atoms with van der Waals surface area (Å²) >= 11 is 7.18. The van der Waals surface area contributed by atoms with Crippen LogP contribution in [0.3, 0.4) is 0 Å². The van der Waals surface area contributed by atoms with Gasteiger partial charge in [-0.05, 0) is 25.0 Å². The number of hydrogen-bond donors (Lipinski definition) is 2. The second-order valence-corrected chi connectivity index (χ2v) is 6.82. The van der Waals surface area contributed by atoms with Crippen LogP contribution in [0.2, 0.25) is 5.02 Å². The Balaban J connectivity index is 1.72. The minimum Gasteiger partial charge on any atom is -0.481 e. The number of rotatable bonds is 4. The number of benzene rings is 1. The molecule has 0 unspecified atom stereocenters. The molecule has 3 rings (SSSR count). The van der Waals surface area contributed by atoms with Crippen LogP contribution in [0.5, 0.6) is 0 Å². The average Bonchev–Trinajstić information content (AvgIpc) is 3.04. The molecule has 2 N–H and O–H groups in total. The quantitative estimate of drug-likeness (QED) is 0.803. The lowest BCUT2D eigenvalue weighted by atomic mass is 9.82. The molecule has 1 aliphatic rings. The van der Waals surface area contributed by atoms with E-state index in [1.807, 2.05) is 29.7 Å². The molecule has 0 saturated heterocycles. The van der Waals surface area contributed by atoms with E-state index in [9.17, 15) is 14.7 Å². The number of thiazole rings is 1. The number of anilines is 1. The van der Waals surface area contributed by atoms with Crippen molar-refractivity contribution < 1.29 is 14.7 Å². The average molecular weight is 363 g/mol. The van der Waals surface area contributed by atoms with Crippen LogP contribution in [-0.2, 0) is 9.59 Å². The molecule has 1 amide bonds. The van der Waals surface area contributed by atoms with E-state index in [4.69, 9.17) is 11.6 Å². The van der Waals surface area contributed by atoms with Crippen molar-refractivity contribution >= 4 is 39.9 Å². The highest BCUT2D eigenvalue weighted by Crippen LogP contribution is 2.29. The highest BCUT2D eigenvalue weighted by atomic mass is 35.5. The summed E-state index contributed by atoms with van der Waals surface area (Å²) in [6.45, 7) is 0. The molecule has 5 nitrogen and oxygen atoms in total. The van der Waals surface area contributed by atoms with E-state index >= 15 is 0 Å². The molecule has 0 radical (unpaired) electrons. The molecule has 7 heteroatoms. The van der Waals surface area contributed by atoms with Crippen LogP contribution in [0.25, 0.3) is 11.3 Å². The zero-order valence-corrected chi connectivity index (χ0v) is 14.2. The van der Waals surface area contributed by atoms with Gasteiger partial charge in [0.2, 0.25) is 5.91 Å². The zero-order valence-electron chi connectivity index (χ0n) is 12.6. The number of halogens is 1. The first-order valence-electron chi connectivity index (χ1n) is 7.44. The molecule has 2 aromatic rings. The van der Waals surface area contributed by atoms with Crippen LogP contribution in [0.15, 0.2) is 41.8 Å². The summed E-state index contributed by atoms with van der Waals surface area (Å²) in [4.78, 5) is 28.1. The van der Waals surface area contributed by atoms with Gasteiger partial charge in [-0.15, -0.1) is 11.3 Å². The molecule has 124 valence electrons. The van der Waals surface area contributed by atoms with Gasteiger partial charge in [-0.2, -0.15) is 0 Å². The van der Waals surface area contributed by atoms with Crippen molar-refractivity contribution in [3.05, 3.63) is 46.8 Å². The molecule has 1 aliphatic carbocycles.